The molecular formula is C46H58F3N7O5. The van der Waals surface area contributed by atoms with E-state index in [-0.39, 0.29) is 52.8 Å². The summed E-state index contributed by atoms with van der Waals surface area (Å²) in [4.78, 5) is 61.1. The van der Waals surface area contributed by atoms with Crippen LogP contribution < -0.4 is 21.3 Å². The molecule has 328 valence electrons. The molecule has 6 rings (SSSR count). The van der Waals surface area contributed by atoms with Crippen LogP contribution in [0.15, 0.2) is 60.7 Å². The zero-order chi connectivity index (χ0) is 44.1. The van der Waals surface area contributed by atoms with E-state index in [1.54, 1.807) is 20.8 Å². The molecule has 1 aromatic heterocycles. The van der Waals surface area contributed by atoms with Crippen LogP contribution in [0.1, 0.15) is 99.4 Å². The maximum absolute atomic E-state index is 13.9. The monoisotopic (exact) mass is 845 g/mol. The number of carbonyl (C=O) groups is 4. The smallest absolute Gasteiger partial charge is 0.444 e. The Hall–Kier alpha value is -5.44. The van der Waals surface area contributed by atoms with E-state index in [0.29, 0.717) is 43.8 Å². The van der Waals surface area contributed by atoms with Gasteiger partial charge in [0.1, 0.15) is 11.6 Å². The summed E-state index contributed by atoms with van der Waals surface area (Å²) in [5, 5.41) is 11.8. The van der Waals surface area contributed by atoms with Gasteiger partial charge in [-0.2, -0.15) is 13.2 Å². The number of ether oxygens (including phenoxy) is 1. The molecule has 61 heavy (non-hydrogen) atoms. The van der Waals surface area contributed by atoms with Gasteiger partial charge in [-0.05, 0) is 152 Å². The minimum Gasteiger partial charge on any atom is -0.444 e. The second kappa shape index (κ2) is 19.1. The number of nitrogens with one attached hydrogen (secondary N) is 5. The van der Waals surface area contributed by atoms with E-state index in [0.717, 1.165) is 47.9 Å². The zero-order valence-electron chi connectivity index (χ0n) is 35.8. The van der Waals surface area contributed by atoms with Gasteiger partial charge in [0.05, 0.1) is 11.0 Å². The SMILES string of the molecule is Cc1cc(C(=O)NC2CCC(N(C)C)CC2)ccc1-c1ccc(CC(NC(=O)C2CCC(CNC(=O)OC(C)(C)C)CC2)C(=O)Nc2ccc3nc(C(F)(F)F)[nH]c3c2)cc1. The topological polar surface area (TPSA) is 158 Å². The first-order valence-corrected chi connectivity index (χ1v) is 21.1. The molecular weight excluding hydrogens is 788 g/mol. The summed E-state index contributed by atoms with van der Waals surface area (Å²) in [6.07, 6.45) is 1.58. The van der Waals surface area contributed by atoms with Crippen LogP contribution in [-0.2, 0) is 26.9 Å². The molecule has 2 saturated carbocycles. The number of amides is 4. The van der Waals surface area contributed by atoms with Crippen molar-refractivity contribution in [3.8, 4) is 11.1 Å². The van der Waals surface area contributed by atoms with Crippen LogP contribution >= 0.6 is 0 Å². The highest BCUT2D eigenvalue weighted by Gasteiger charge is 2.35. The van der Waals surface area contributed by atoms with Gasteiger partial charge in [0.25, 0.3) is 5.91 Å². The second-order valence-electron chi connectivity index (χ2n) is 17.8. The Bertz CT molecular complexity index is 2180. The normalized spacial score (nSPS) is 20.2. The van der Waals surface area contributed by atoms with Gasteiger partial charge < -0.3 is 35.9 Å². The van der Waals surface area contributed by atoms with E-state index in [4.69, 9.17) is 4.74 Å². The fraction of sp³-hybridized carbons (Fsp3) is 0.500. The first kappa shape index (κ1) is 45.1. The number of H-pyrrole nitrogens is 1. The molecule has 15 heteroatoms. The molecule has 5 N–H and O–H groups in total. The summed E-state index contributed by atoms with van der Waals surface area (Å²) in [5.74, 6) is -2.18. The van der Waals surface area contributed by atoms with Gasteiger partial charge in [0.2, 0.25) is 17.6 Å². The number of imidazole rings is 1. The summed E-state index contributed by atoms with van der Waals surface area (Å²) >= 11 is 0. The molecule has 3 aromatic carbocycles. The molecule has 0 bridgehead atoms. The Kier molecular flexibility index (Phi) is 14.1. The molecule has 2 aliphatic rings. The van der Waals surface area contributed by atoms with Crippen molar-refractivity contribution in [3.63, 3.8) is 0 Å². The lowest BCUT2D eigenvalue weighted by atomic mass is 9.81. The van der Waals surface area contributed by atoms with Crippen LogP contribution in [0.3, 0.4) is 0 Å². The standard InChI is InChI=1S/C46H58F3N7O5/c1-27-23-32(41(58)51-33-16-19-35(20-17-33)56(5)6)15-21-36(27)30-11-7-28(8-12-30)24-39(42(59)52-34-18-22-37-38(25-34)55-43(54-37)46(47,48)49)53-40(57)31-13-9-29(10-14-31)26-50-44(60)61-45(2,3)4/h7-8,11-12,15,18,21-23,25,29,31,33,35,39H,9-10,13-14,16-17,19-20,24,26H2,1-6H3,(H,50,60)(H,51,58)(H,52,59)(H,53,57)(H,54,55). The molecule has 0 spiro atoms. The molecule has 1 unspecified atom stereocenters. The predicted molar refractivity (Wildman–Crippen MR) is 229 cm³/mol. The number of fused-ring (bicyclic) bond motifs is 1. The predicted octanol–water partition coefficient (Wildman–Crippen LogP) is 8.16. The van der Waals surface area contributed by atoms with Crippen molar-refractivity contribution in [1.82, 2.24) is 30.8 Å². The number of nitrogens with zero attached hydrogens (tertiary/aromatic N) is 2. The van der Waals surface area contributed by atoms with Gasteiger partial charge in [-0.3, -0.25) is 14.4 Å². The lowest BCUT2D eigenvalue weighted by Gasteiger charge is -2.33. The van der Waals surface area contributed by atoms with Crippen molar-refractivity contribution in [1.29, 1.82) is 0 Å². The number of benzene rings is 3. The fourth-order valence-corrected chi connectivity index (χ4v) is 8.31. The number of halogens is 3. The van der Waals surface area contributed by atoms with E-state index in [9.17, 15) is 32.3 Å². The number of hydrogen-bond acceptors (Lipinski definition) is 7. The Labute approximate surface area is 355 Å². The van der Waals surface area contributed by atoms with Gasteiger partial charge in [0.15, 0.2) is 0 Å². The minimum absolute atomic E-state index is 0.0801. The lowest BCUT2D eigenvalue weighted by Crippen LogP contribution is -2.48. The Balaban J connectivity index is 1.12. The Morgan fingerprint density at radius 1 is 0.885 bits per heavy atom. The second-order valence-corrected chi connectivity index (χ2v) is 17.8. The molecule has 2 fully saturated rings. The van der Waals surface area contributed by atoms with Crippen molar-refractivity contribution in [2.24, 2.45) is 11.8 Å². The maximum atomic E-state index is 13.9. The van der Waals surface area contributed by atoms with E-state index >= 15 is 0 Å². The van der Waals surface area contributed by atoms with Crippen molar-refractivity contribution < 1.29 is 37.1 Å². The highest BCUT2D eigenvalue weighted by atomic mass is 19.4. The Morgan fingerprint density at radius 2 is 1.57 bits per heavy atom. The fourth-order valence-electron chi connectivity index (χ4n) is 8.31. The van der Waals surface area contributed by atoms with Gasteiger partial charge in [-0.25, -0.2) is 9.78 Å². The van der Waals surface area contributed by atoms with Gasteiger partial charge in [-0.1, -0.05) is 30.3 Å². The van der Waals surface area contributed by atoms with Crippen molar-refractivity contribution in [2.45, 2.75) is 115 Å². The number of anilines is 1. The number of hydrogen-bond donors (Lipinski definition) is 5. The summed E-state index contributed by atoms with van der Waals surface area (Å²) in [6.45, 7) is 7.80. The van der Waals surface area contributed by atoms with E-state index in [1.165, 1.54) is 18.2 Å². The number of aryl methyl sites for hydroxylation is 1. The lowest BCUT2D eigenvalue weighted by molar-refractivity contribution is -0.144. The molecule has 0 radical (unpaired) electrons. The quantitative estimate of drug-likeness (QED) is 0.0964. The molecule has 4 aromatic rings. The molecule has 4 amide bonds. The molecule has 1 atom stereocenters. The van der Waals surface area contributed by atoms with Crippen molar-refractivity contribution in [2.75, 3.05) is 26.0 Å². The average molecular weight is 846 g/mol. The average Bonchev–Trinajstić information content (AvgIpc) is 3.65. The largest absolute Gasteiger partial charge is 0.449 e. The van der Waals surface area contributed by atoms with Crippen LogP contribution in [0.2, 0.25) is 0 Å². The van der Waals surface area contributed by atoms with Crippen LogP contribution in [0.25, 0.3) is 22.2 Å². The van der Waals surface area contributed by atoms with Crippen LogP contribution in [-0.4, -0.2) is 83.0 Å². The maximum Gasteiger partial charge on any atom is 0.449 e. The number of alkyl halides is 3. The van der Waals surface area contributed by atoms with Crippen LogP contribution in [0, 0.1) is 18.8 Å². The molecule has 12 nitrogen and oxygen atoms in total. The Morgan fingerprint density at radius 3 is 2.20 bits per heavy atom. The summed E-state index contributed by atoms with van der Waals surface area (Å²) in [7, 11) is 4.19. The van der Waals surface area contributed by atoms with Gasteiger partial charge in [0, 0.05) is 42.2 Å². The third-order valence-corrected chi connectivity index (χ3v) is 11.8. The van der Waals surface area contributed by atoms with Crippen LogP contribution in [0.4, 0.5) is 23.7 Å². The first-order valence-electron chi connectivity index (χ1n) is 21.1. The van der Waals surface area contributed by atoms with Gasteiger partial charge >= 0.3 is 12.3 Å². The number of alkyl carbamates (subject to hydrolysis) is 1. The number of carbonyl (C=O) groups excluding carboxylic acids is 4. The highest BCUT2D eigenvalue weighted by Crippen LogP contribution is 2.31. The summed E-state index contributed by atoms with van der Waals surface area (Å²) in [6, 6.07) is 17.3. The third-order valence-electron chi connectivity index (χ3n) is 11.8. The van der Waals surface area contributed by atoms with Crippen LogP contribution in [0.5, 0.6) is 0 Å². The van der Waals surface area contributed by atoms with E-state index in [2.05, 4.69) is 50.2 Å². The number of aromatic nitrogens is 2. The minimum atomic E-state index is -4.66. The zero-order valence-corrected chi connectivity index (χ0v) is 35.8. The van der Waals surface area contributed by atoms with Crippen molar-refractivity contribution >= 4 is 40.5 Å². The molecule has 1 heterocycles. The van der Waals surface area contributed by atoms with E-state index in [1.807, 2.05) is 49.4 Å². The van der Waals surface area contributed by atoms with Crippen molar-refractivity contribution in [3.05, 3.63) is 83.2 Å². The van der Waals surface area contributed by atoms with E-state index < -0.39 is 35.6 Å². The summed E-state index contributed by atoms with van der Waals surface area (Å²) in [5.41, 5.74) is 4.03. The highest BCUT2D eigenvalue weighted by molar-refractivity contribution is 5.99. The third kappa shape index (κ3) is 12.3. The molecule has 0 saturated heterocycles. The molecule has 0 aliphatic heterocycles. The molecule has 2 aliphatic carbocycles. The number of rotatable bonds is 12. The first-order chi connectivity index (χ1) is 28.8. The van der Waals surface area contributed by atoms with Gasteiger partial charge in [-0.15, -0.1) is 0 Å². The number of aromatic amines is 1. The summed E-state index contributed by atoms with van der Waals surface area (Å²) < 4.78 is 45.3.